The molecule has 0 aliphatic rings. The van der Waals surface area contributed by atoms with Gasteiger partial charge in [-0.05, 0) is 40.5 Å². The molecular weight excluding hydrogens is 309 g/mol. The summed E-state index contributed by atoms with van der Waals surface area (Å²) in [4.78, 5) is 0. The topological polar surface area (TPSA) is 4.93 Å². The number of hydrogen-bond acceptors (Lipinski definition) is 0. The summed E-state index contributed by atoms with van der Waals surface area (Å²) < 4.78 is 15.5. The monoisotopic (exact) mass is 327 g/mol. The van der Waals surface area contributed by atoms with Gasteiger partial charge in [-0.1, -0.05) is 72.8 Å². The molecule has 0 saturated carbocycles. The normalized spacial score (nSPS) is 10.8. The summed E-state index contributed by atoms with van der Waals surface area (Å²) in [5.74, 6) is -0.212. The number of rotatable bonds is 4. The van der Waals surface area contributed by atoms with E-state index in [0.29, 0.717) is 0 Å². The minimum Gasteiger partial charge on any atom is -0.342 e. The molecule has 0 radical (unpaired) electrons. The zero-order valence-electron chi connectivity index (χ0n) is 13.8. The van der Waals surface area contributed by atoms with Crippen molar-refractivity contribution in [3.63, 3.8) is 0 Å². The minimum absolute atomic E-state index is 0.212. The SMILES string of the molecule is Fc1ccc(-c2cc(-c3ccccc3)n(Cc3ccccc3)c2)cc1. The van der Waals surface area contributed by atoms with Crippen LogP contribution in [-0.4, -0.2) is 4.57 Å². The van der Waals surface area contributed by atoms with Gasteiger partial charge >= 0.3 is 0 Å². The Labute approximate surface area is 147 Å². The Morgan fingerprint density at radius 1 is 0.640 bits per heavy atom. The molecule has 0 aliphatic heterocycles. The third-order valence-electron chi connectivity index (χ3n) is 4.34. The molecule has 0 unspecified atom stereocenters. The fraction of sp³-hybridized carbons (Fsp3) is 0.0435. The molecule has 0 spiro atoms. The summed E-state index contributed by atoms with van der Waals surface area (Å²) in [6, 6.07) is 29.6. The third-order valence-corrected chi connectivity index (χ3v) is 4.34. The van der Waals surface area contributed by atoms with Gasteiger partial charge in [0.05, 0.1) is 0 Å². The van der Waals surface area contributed by atoms with Crippen LogP contribution in [0.2, 0.25) is 0 Å². The standard InChI is InChI=1S/C23H18FN/c24-22-13-11-19(12-14-22)21-15-23(20-9-5-2-6-10-20)25(17-21)16-18-7-3-1-4-8-18/h1-15,17H,16H2. The lowest BCUT2D eigenvalue weighted by molar-refractivity contribution is 0.628. The predicted molar refractivity (Wildman–Crippen MR) is 101 cm³/mol. The molecule has 122 valence electrons. The number of halogens is 1. The van der Waals surface area contributed by atoms with E-state index < -0.39 is 0 Å². The quantitative estimate of drug-likeness (QED) is 0.432. The third kappa shape index (κ3) is 3.38. The zero-order chi connectivity index (χ0) is 17.1. The van der Waals surface area contributed by atoms with E-state index in [-0.39, 0.29) is 5.82 Å². The highest BCUT2D eigenvalue weighted by Gasteiger charge is 2.10. The van der Waals surface area contributed by atoms with Gasteiger partial charge in [0.1, 0.15) is 5.82 Å². The Kier molecular flexibility index (Phi) is 4.17. The Morgan fingerprint density at radius 2 is 1.28 bits per heavy atom. The molecule has 1 heterocycles. The predicted octanol–water partition coefficient (Wildman–Crippen LogP) is 6.01. The molecule has 0 saturated heterocycles. The van der Waals surface area contributed by atoms with Crippen LogP contribution in [-0.2, 0) is 6.54 Å². The van der Waals surface area contributed by atoms with E-state index in [0.717, 1.165) is 23.4 Å². The van der Waals surface area contributed by atoms with E-state index in [4.69, 9.17) is 0 Å². The molecule has 3 aromatic carbocycles. The first kappa shape index (κ1) is 15.4. The molecule has 25 heavy (non-hydrogen) atoms. The van der Waals surface area contributed by atoms with Crippen LogP contribution >= 0.6 is 0 Å². The lowest BCUT2D eigenvalue weighted by Crippen LogP contribution is -1.99. The van der Waals surface area contributed by atoms with Gasteiger partial charge in [0, 0.05) is 18.4 Å². The minimum atomic E-state index is -0.212. The highest BCUT2D eigenvalue weighted by atomic mass is 19.1. The van der Waals surface area contributed by atoms with E-state index >= 15 is 0 Å². The molecular formula is C23H18FN. The van der Waals surface area contributed by atoms with Crippen molar-refractivity contribution in [2.45, 2.75) is 6.54 Å². The average Bonchev–Trinajstić information content (AvgIpc) is 3.08. The molecule has 0 N–H and O–H groups in total. The summed E-state index contributed by atoms with van der Waals surface area (Å²) in [6.07, 6.45) is 2.14. The van der Waals surface area contributed by atoms with Crippen LogP contribution in [0.15, 0.2) is 97.2 Å². The maximum atomic E-state index is 13.2. The lowest BCUT2D eigenvalue weighted by atomic mass is 10.1. The van der Waals surface area contributed by atoms with Crippen LogP contribution in [0.25, 0.3) is 22.4 Å². The largest absolute Gasteiger partial charge is 0.342 e. The molecule has 1 nitrogen and oxygen atoms in total. The van der Waals surface area contributed by atoms with Crippen LogP contribution in [0.4, 0.5) is 4.39 Å². The first-order valence-corrected chi connectivity index (χ1v) is 8.35. The molecule has 0 bridgehead atoms. The van der Waals surface area contributed by atoms with Crippen LogP contribution in [0.5, 0.6) is 0 Å². The number of benzene rings is 3. The highest BCUT2D eigenvalue weighted by Crippen LogP contribution is 2.29. The fourth-order valence-electron chi connectivity index (χ4n) is 3.07. The van der Waals surface area contributed by atoms with Crippen molar-refractivity contribution < 1.29 is 4.39 Å². The van der Waals surface area contributed by atoms with Crippen molar-refractivity contribution in [2.24, 2.45) is 0 Å². The van der Waals surface area contributed by atoms with Gasteiger partial charge in [-0.3, -0.25) is 0 Å². The van der Waals surface area contributed by atoms with Crippen molar-refractivity contribution >= 4 is 0 Å². The van der Waals surface area contributed by atoms with Gasteiger partial charge in [-0.15, -0.1) is 0 Å². The zero-order valence-corrected chi connectivity index (χ0v) is 13.8. The molecule has 4 aromatic rings. The van der Waals surface area contributed by atoms with Gasteiger partial charge in [0.2, 0.25) is 0 Å². The summed E-state index contributed by atoms with van der Waals surface area (Å²) in [6.45, 7) is 0.798. The van der Waals surface area contributed by atoms with Crippen molar-refractivity contribution in [3.8, 4) is 22.4 Å². The van der Waals surface area contributed by atoms with Crippen LogP contribution in [0.3, 0.4) is 0 Å². The van der Waals surface area contributed by atoms with E-state index in [1.165, 1.54) is 23.3 Å². The highest BCUT2D eigenvalue weighted by molar-refractivity contribution is 5.72. The first-order chi connectivity index (χ1) is 12.3. The second-order valence-corrected chi connectivity index (χ2v) is 6.10. The Balaban J connectivity index is 1.79. The molecule has 0 aliphatic carbocycles. The molecule has 0 atom stereocenters. The maximum Gasteiger partial charge on any atom is 0.123 e. The van der Waals surface area contributed by atoms with Crippen molar-refractivity contribution in [3.05, 3.63) is 109 Å². The van der Waals surface area contributed by atoms with Crippen molar-refractivity contribution in [2.75, 3.05) is 0 Å². The number of aromatic nitrogens is 1. The van der Waals surface area contributed by atoms with Crippen LogP contribution in [0, 0.1) is 5.82 Å². The molecule has 2 heteroatoms. The smallest absolute Gasteiger partial charge is 0.123 e. The number of nitrogens with zero attached hydrogens (tertiary/aromatic N) is 1. The van der Waals surface area contributed by atoms with Crippen molar-refractivity contribution in [1.82, 2.24) is 4.57 Å². The van der Waals surface area contributed by atoms with Gasteiger partial charge in [-0.25, -0.2) is 4.39 Å². The second kappa shape index (κ2) is 6.78. The first-order valence-electron chi connectivity index (χ1n) is 8.35. The van der Waals surface area contributed by atoms with Crippen LogP contribution in [0.1, 0.15) is 5.56 Å². The van der Waals surface area contributed by atoms with Crippen molar-refractivity contribution in [1.29, 1.82) is 0 Å². The van der Waals surface area contributed by atoms with Gasteiger partial charge < -0.3 is 4.57 Å². The second-order valence-electron chi connectivity index (χ2n) is 6.10. The summed E-state index contributed by atoms with van der Waals surface area (Å²) in [7, 11) is 0. The van der Waals surface area contributed by atoms with E-state index in [9.17, 15) is 4.39 Å². The van der Waals surface area contributed by atoms with E-state index in [1.54, 1.807) is 0 Å². The van der Waals surface area contributed by atoms with Crippen LogP contribution < -0.4 is 0 Å². The molecule has 0 amide bonds. The molecule has 1 aromatic heterocycles. The number of hydrogen-bond donors (Lipinski definition) is 0. The summed E-state index contributed by atoms with van der Waals surface area (Å²) >= 11 is 0. The molecule has 4 rings (SSSR count). The average molecular weight is 327 g/mol. The Hall–Kier alpha value is -3.13. The van der Waals surface area contributed by atoms with E-state index in [1.807, 2.05) is 36.4 Å². The van der Waals surface area contributed by atoms with Gasteiger partial charge in [0.15, 0.2) is 0 Å². The maximum absolute atomic E-state index is 13.2. The Morgan fingerprint density at radius 3 is 1.96 bits per heavy atom. The van der Waals surface area contributed by atoms with Gasteiger partial charge in [-0.2, -0.15) is 0 Å². The van der Waals surface area contributed by atoms with Gasteiger partial charge in [0.25, 0.3) is 0 Å². The lowest BCUT2D eigenvalue weighted by Gasteiger charge is -2.09. The summed E-state index contributed by atoms with van der Waals surface area (Å²) in [5.41, 5.74) is 5.69. The molecule has 0 fully saturated rings. The fourth-order valence-corrected chi connectivity index (χ4v) is 3.07. The summed E-state index contributed by atoms with van der Waals surface area (Å²) in [5, 5.41) is 0. The Bertz CT molecular complexity index is 954. The van der Waals surface area contributed by atoms with E-state index in [2.05, 4.69) is 53.2 Å².